The molecule has 5 heteroatoms. The molecule has 1 unspecified atom stereocenters. The van der Waals surface area contributed by atoms with E-state index in [0.717, 1.165) is 31.5 Å². The van der Waals surface area contributed by atoms with Crippen molar-refractivity contribution in [1.82, 2.24) is 4.90 Å². The van der Waals surface area contributed by atoms with Gasteiger partial charge in [0.25, 0.3) is 5.91 Å². The van der Waals surface area contributed by atoms with E-state index in [-0.39, 0.29) is 5.91 Å². The van der Waals surface area contributed by atoms with E-state index < -0.39 is 5.91 Å². The van der Waals surface area contributed by atoms with E-state index >= 15 is 0 Å². The summed E-state index contributed by atoms with van der Waals surface area (Å²) in [4.78, 5) is 25.7. The fraction of sp³-hybridized carbons (Fsp3) is 0.263. The van der Waals surface area contributed by atoms with Crippen LogP contribution in [-0.2, 0) is 6.42 Å². The summed E-state index contributed by atoms with van der Waals surface area (Å²) in [7, 11) is 0. The second-order valence-corrected chi connectivity index (χ2v) is 6.62. The molecule has 124 valence electrons. The first-order valence-electron chi connectivity index (χ1n) is 7.96. The first kappa shape index (κ1) is 16.5. The summed E-state index contributed by atoms with van der Waals surface area (Å²) in [5, 5.41) is 0.625. The Hall–Kier alpha value is -2.33. The Morgan fingerprint density at radius 3 is 2.58 bits per heavy atom. The first-order chi connectivity index (χ1) is 11.5. The number of halogens is 1. The predicted molar refractivity (Wildman–Crippen MR) is 94.1 cm³/mol. The van der Waals surface area contributed by atoms with E-state index in [2.05, 4.69) is 0 Å². The van der Waals surface area contributed by atoms with Gasteiger partial charge in [0, 0.05) is 29.2 Å². The van der Waals surface area contributed by atoms with Crippen molar-refractivity contribution in [2.45, 2.75) is 12.8 Å². The molecule has 1 saturated heterocycles. The average molecular weight is 343 g/mol. The number of nitrogens with two attached hydrogens (primary N) is 1. The smallest absolute Gasteiger partial charge is 0.253 e. The zero-order valence-corrected chi connectivity index (χ0v) is 14.0. The number of hydrogen-bond acceptors (Lipinski definition) is 2. The van der Waals surface area contributed by atoms with Crippen LogP contribution >= 0.6 is 11.6 Å². The lowest BCUT2D eigenvalue weighted by atomic mass is 9.97. The van der Waals surface area contributed by atoms with Gasteiger partial charge in [-0.05, 0) is 60.7 Å². The fourth-order valence-corrected chi connectivity index (χ4v) is 3.27. The maximum atomic E-state index is 12.5. The van der Waals surface area contributed by atoms with Crippen molar-refractivity contribution in [3.8, 4) is 0 Å². The highest BCUT2D eigenvalue weighted by atomic mass is 35.5. The van der Waals surface area contributed by atoms with E-state index in [4.69, 9.17) is 17.3 Å². The van der Waals surface area contributed by atoms with Crippen LogP contribution in [0.5, 0.6) is 0 Å². The van der Waals surface area contributed by atoms with Gasteiger partial charge in [-0.2, -0.15) is 0 Å². The van der Waals surface area contributed by atoms with E-state index in [9.17, 15) is 9.59 Å². The molecule has 0 aromatic heterocycles. The van der Waals surface area contributed by atoms with Crippen LogP contribution in [0.4, 0.5) is 0 Å². The Morgan fingerprint density at radius 1 is 1.12 bits per heavy atom. The third-order valence-electron chi connectivity index (χ3n) is 4.40. The number of carbonyl (C=O) groups is 2. The molecule has 1 aliphatic rings. The minimum atomic E-state index is -0.414. The maximum Gasteiger partial charge on any atom is 0.253 e. The summed E-state index contributed by atoms with van der Waals surface area (Å²) in [5.74, 6) is 0.0206. The van der Waals surface area contributed by atoms with E-state index in [0.29, 0.717) is 22.1 Å². The van der Waals surface area contributed by atoms with Crippen LogP contribution in [0.1, 0.15) is 32.7 Å². The monoisotopic (exact) mass is 342 g/mol. The lowest BCUT2D eigenvalue weighted by Crippen LogP contribution is -2.28. The number of amides is 2. The molecule has 24 heavy (non-hydrogen) atoms. The summed E-state index contributed by atoms with van der Waals surface area (Å²) >= 11 is 5.87. The molecule has 0 aliphatic carbocycles. The third kappa shape index (κ3) is 3.77. The zero-order chi connectivity index (χ0) is 17.1. The Kier molecular flexibility index (Phi) is 4.86. The maximum absolute atomic E-state index is 12.5. The number of benzene rings is 2. The molecule has 2 aromatic carbocycles. The van der Waals surface area contributed by atoms with Crippen molar-refractivity contribution < 1.29 is 9.59 Å². The molecule has 0 bridgehead atoms. The summed E-state index contributed by atoms with van der Waals surface area (Å²) in [5.41, 5.74) is 7.60. The molecule has 3 rings (SSSR count). The molecular formula is C19H19ClN2O2. The molecule has 1 aliphatic heterocycles. The summed E-state index contributed by atoms with van der Waals surface area (Å²) in [6.07, 6.45) is 1.80. The van der Waals surface area contributed by atoms with Crippen LogP contribution in [0.3, 0.4) is 0 Å². The lowest BCUT2D eigenvalue weighted by molar-refractivity contribution is 0.0787. The molecule has 0 radical (unpaired) electrons. The number of carbonyl (C=O) groups excluding carboxylic acids is 2. The van der Waals surface area contributed by atoms with Crippen LogP contribution in [0.15, 0.2) is 48.5 Å². The average Bonchev–Trinajstić information content (AvgIpc) is 3.03. The van der Waals surface area contributed by atoms with Crippen LogP contribution < -0.4 is 5.73 Å². The molecule has 2 aromatic rings. The van der Waals surface area contributed by atoms with Crippen molar-refractivity contribution >= 4 is 23.4 Å². The Morgan fingerprint density at radius 2 is 1.88 bits per heavy atom. The second kappa shape index (κ2) is 7.05. The highest BCUT2D eigenvalue weighted by Gasteiger charge is 2.27. The lowest BCUT2D eigenvalue weighted by Gasteiger charge is -2.17. The molecule has 0 saturated carbocycles. The number of nitrogens with zero attached hydrogens (tertiary/aromatic N) is 1. The standard InChI is InChI=1S/C19H19ClN2O2/c20-17-6-4-15(5-7-17)19(24)22-9-8-14(12-22)10-13-2-1-3-16(11-13)18(21)23/h1-7,11,14H,8-10,12H2,(H2,21,23). The van der Waals surface area contributed by atoms with Crippen LogP contribution in [0, 0.1) is 5.92 Å². The molecule has 2 N–H and O–H groups in total. The Labute approximate surface area is 146 Å². The number of primary amides is 1. The van der Waals surface area contributed by atoms with Gasteiger partial charge >= 0.3 is 0 Å². The molecule has 4 nitrogen and oxygen atoms in total. The molecule has 1 fully saturated rings. The normalized spacial score (nSPS) is 17.0. The van der Waals surface area contributed by atoms with Gasteiger partial charge in [-0.1, -0.05) is 23.7 Å². The zero-order valence-electron chi connectivity index (χ0n) is 13.2. The molecular weight excluding hydrogens is 324 g/mol. The van der Waals surface area contributed by atoms with Crippen molar-refractivity contribution in [1.29, 1.82) is 0 Å². The third-order valence-corrected chi connectivity index (χ3v) is 4.65. The van der Waals surface area contributed by atoms with Gasteiger partial charge in [-0.25, -0.2) is 0 Å². The Balaban J connectivity index is 1.63. The summed E-state index contributed by atoms with van der Waals surface area (Å²) in [6.45, 7) is 1.48. The summed E-state index contributed by atoms with van der Waals surface area (Å²) < 4.78 is 0. The van der Waals surface area contributed by atoms with Gasteiger partial charge in [0.05, 0.1) is 0 Å². The van der Waals surface area contributed by atoms with Gasteiger partial charge in [0.2, 0.25) is 5.91 Å². The number of rotatable bonds is 4. The van der Waals surface area contributed by atoms with Gasteiger partial charge in [0.15, 0.2) is 0 Å². The van der Waals surface area contributed by atoms with Gasteiger partial charge < -0.3 is 10.6 Å². The fourth-order valence-electron chi connectivity index (χ4n) is 3.14. The minimum Gasteiger partial charge on any atom is -0.366 e. The van der Waals surface area contributed by atoms with Crippen molar-refractivity contribution in [3.05, 3.63) is 70.2 Å². The quantitative estimate of drug-likeness (QED) is 0.927. The summed E-state index contributed by atoms with van der Waals surface area (Å²) in [6, 6.07) is 14.4. The second-order valence-electron chi connectivity index (χ2n) is 6.18. The molecule has 2 amide bonds. The van der Waals surface area contributed by atoms with Crippen LogP contribution in [-0.4, -0.2) is 29.8 Å². The highest BCUT2D eigenvalue weighted by molar-refractivity contribution is 6.30. The molecule has 1 atom stereocenters. The predicted octanol–water partition coefficient (Wildman–Crippen LogP) is 3.14. The largest absolute Gasteiger partial charge is 0.366 e. The van der Waals surface area contributed by atoms with E-state index in [1.54, 1.807) is 30.3 Å². The van der Waals surface area contributed by atoms with Crippen molar-refractivity contribution in [2.75, 3.05) is 13.1 Å². The van der Waals surface area contributed by atoms with Crippen LogP contribution in [0.2, 0.25) is 5.02 Å². The number of hydrogen-bond donors (Lipinski definition) is 1. The molecule has 1 heterocycles. The Bertz CT molecular complexity index is 758. The van der Waals surface area contributed by atoms with Crippen molar-refractivity contribution in [3.63, 3.8) is 0 Å². The highest BCUT2D eigenvalue weighted by Crippen LogP contribution is 2.23. The van der Waals surface area contributed by atoms with Crippen molar-refractivity contribution in [2.24, 2.45) is 11.7 Å². The van der Waals surface area contributed by atoms with Gasteiger partial charge in [-0.3, -0.25) is 9.59 Å². The topological polar surface area (TPSA) is 63.4 Å². The SMILES string of the molecule is NC(=O)c1cccc(CC2CCN(C(=O)c3ccc(Cl)cc3)C2)c1. The molecule has 0 spiro atoms. The number of likely N-dealkylation sites (tertiary alicyclic amines) is 1. The van der Waals surface area contributed by atoms with Gasteiger partial charge in [0.1, 0.15) is 0 Å². The minimum absolute atomic E-state index is 0.0417. The van der Waals surface area contributed by atoms with E-state index in [1.807, 2.05) is 23.1 Å². The first-order valence-corrected chi connectivity index (χ1v) is 8.34. The van der Waals surface area contributed by atoms with Crippen LogP contribution in [0.25, 0.3) is 0 Å². The van der Waals surface area contributed by atoms with Gasteiger partial charge in [-0.15, -0.1) is 0 Å². The van der Waals surface area contributed by atoms with E-state index in [1.165, 1.54) is 0 Å².